The average Bonchev–Trinajstić information content (AvgIpc) is 2.76. The Labute approximate surface area is 102 Å². The van der Waals surface area contributed by atoms with Crippen molar-refractivity contribution < 1.29 is 4.74 Å². The third-order valence-electron chi connectivity index (χ3n) is 2.92. The molecule has 1 atom stereocenters. The van der Waals surface area contributed by atoms with Crippen LogP contribution in [-0.2, 0) is 10.3 Å². The Hall–Kier alpha value is -0.450. The quantitative estimate of drug-likeness (QED) is 0.833. The van der Waals surface area contributed by atoms with Gasteiger partial charge in [-0.2, -0.15) is 0 Å². The molecular weight excluding hydrogens is 220 g/mol. The van der Waals surface area contributed by atoms with Crippen LogP contribution in [0, 0.1) is 0 Å². The molecule has 0 fully saturated rings. The lowest BCUT2D eigenvalue weighted by atomic mass is 9.98. The molecule has 1 rings (SSSR count). The molecule has 3 nitrogen and oxygen atoms in total. The van der Waals surface area contributed by atoms with Crippen molar-refractivity contribution in [3.63, 3.8) is 0 Å². The fourth-order valence-electron chi connectivity index (χ4n) is 1.80. The first-order valence-electron chi connectivity index (χ1n) is 5.95. The van der Waals surface area contributed by atoms with E-state index in [0.29, 0.717) is 0 Å². The van der Waals surface area contributed by atoms with Gasteiger partial charge in [0.15, 0.2) is 0 Å². The van der Waals surface area contributed by atoms with E-state index in [2.05, 4.69) is 18.8 Å². The van der Waals surface area contributed by atoms with E-state index in [1.165, 1.54) is 0 Å². The van der Waals surface area contributed by atoms with Crippen LogP contribution >= 0.6 is 11.3 Å². The topological polar surface area (TPSA) is 48.1 Å². The molecule has 1 unspecified atom stereocenters. The summed E-state index contributed by atoms with van der Waals surface area (Å²) in [5.74, 6) is 0. The summed E-state index contributed by atoms with van der Waals surface area (Å²) in [5, 5.41) is 1.06. The van der Waals surface area contributed by atoms with Gasteiger partial charge in [-0.1, -0.05) is 13.8 Å². The second kappa shape index (κ2) is 5.75. The molecule has 0 saturated heterocycles. The Kier molecular flexibility index (Phi) is 4.89. The number of hydrogen-bond acceptors (Lipinski definition) is 4. The van der Waals surface area contributed by atoms with E-state index >= 15 is 0 Å². The van der Waals surface area contributed by atoms with E-state index in [9.17, 15) is 0 Å². The lowest BCUT2D eigenvalue weighted by molar-refractivity contribution is -0.0506. The molecule has 0 bridgehead atoms. The molecule has 1 heterocycles. The number of thiazole rings is 1. The van der Waals surface area contributed by atoms with Crippen LogP contribution in [0.4, 0.5) is 0 Å². The van der Waals surface area contributed by atoms with E-state index in [1.807, 2.05) is 20.0 Å². The van der Waals surface area contributed by atoms with Crippen molar-refractivity contribution in [2.75, 3.05) is 6.61 Å². The predicted octanol–water partition coefficient (Wildman–Crippen LogP) is 3.21. The normalized spacial score (nSPS) is 14.1. The molecule has 1 aromatic heterocycles. The molecule has 0 saturated carbocycles. The second-order valence-corrected chi connectivity index (χ2v) is 5.05. The molecule has 0 amide bonds. The van der Waals surface area contributed by atoms with Gasteiger partial charge in [-0.15, -0.1) is 11.3 Å². The number of nitrogens with zero attached hydrogens (tertiary/aromatic N) is 1. The van der Waals surface area contributed by atoms with Gasteiger partial charge < -0.3 is 10.5 Å². The molecule has 2 N–H and O–H groups in total. The molecular formula is C12H22N2OS. The number of rotatable bonds is 6. The van der Waals surface area contributed by atoms with E-state index < -0.39 is 0 Å². The summed E-state index contributed by atoms with van der Waals surface area (Å²) in [6.45, 7) is 9.02. The maximum atomic E-state index is 5.91. The summed E-state index contributed by atoms with van der Waals surface area (Å²) in [6.07, 6.45) is 3.77. The maximum Gasteiger partial charge on any atom is 0.125 e. The first-order valence-corrected chi connectivity index (χ1v) is 6.77. The lowest BCUT2D eigenvalue weighted by Gasteiger charge is -2.29. The fraction of sp³-hybridized carbons (Fsp3) is 0.750. The highest BCUT2D eigenvalue weighted by Crippen LogP contribution is 2.36. The maximum absolute atomic E-state index is 5.91. The van der Waals surface area contributed by atoms with Gasteiger partial charge in [-0.05, 0) is 26.7 Å². The number of aromatic nitrogens is 1. The molecule has 16 heavy (non-hydrogen) atoms. The first kappa shape index (κ1) is 13.6. The smallest absolute Gasteiger partial charge is 0.125 e. The molecule has 0 radical (unpaired) electrons. The van der Waals surface area contributed by atoms with Crippen LogP contribution in [-0.4, -0.2) is 11.6 Å². The van der Waals surface area contributed by atoms with Crippen molar-refractivity contribution in [1.29, 1.82) is 0 Å². The molecule has 92 valence electrons. The minimum absolute atomic E-state index is 0.0549. The first-order chi connectivity index (χ1) is 7.59. The SMILES string of the molecule is CCOC(CC)(CC)c1ncc(C(C)N)s1. The Morgan fingerprint density at radius 1 is 1.44 bits per heavy atom. The van der Waals surface area contributed by atoms with Gasteiger partial charge >= 0.3 is 0 Å². The number of hydrogen-bond donors (Lipinski definition) is 1. The Morgan fingerprint density at radius 3 is 2.44 bits per heavy atom. The molecule has 0 aromatic carbocycles. The van der Waals surface area contributed by atoms with Gasteiger partial charge in [0.25, 0.3) is 0 Å². The van der Waals surface area contributed by atoms with Crippen LogP contribution in [0.5, 0.6) is 0 Å². The van der Waals surface area contributed by atoms with E-state index in [4.69, 9.17) is 10.5 Å². The molecule has 0 aliphatic heterocycles. The molecule has 0 aliphatic carbocycles. The van der Waals surface area contributed by atoms with Gasteiger partial charge in [-0.25, -0.2) is 4.98 Å². The molecule has 0 spiro atoms. The fourth-order valence-corrected chi connectivity index (χ4v) is 2.96. The highest BCUT2D eigenvalue weighted by atomic mass is 32.1. The van der Waals surface area contributed by atoms with E-state index in [1.54, 1.807) is 11.3 Å². The van der Waals surface area contributed by atoms with E-state index in [-0.39, 0.29) is 11.6 Å². The summed E-state index contributed by atoms with van der Waals surface area (Å²) in [5.41, 5.74) is 5.64. The molecule has 0 aliphatic rings. The summed E-state index contributed by atoms with van der Waals surface area (Å²) < 4.78 is 5.91. The minimum Gasteiger partial charge on any atom is -0.368 e. The van der Waals surface area contributed by atoms with Crippen LogP contribution in [0.1, 0.15) is 56.5 Å². The van der Waals surface area contributed by atoms with Gasteiger partial charge in [0, 0.05) is 23.7 Å². The zero-order chi connectivity index (χ0) is 12.2. The monoisotopic (exact) mass is 242 g/mol. The third-order valence-corrected chi connectivity index (χ3v) is 4.31. The highest BCUT2D eigenvalue weighted by Gasteiger charge is 2.32. The zero-order valence-corrected chi connectivity index (χ0v) is 11.4. The van der Waals surface area contributed by atoms with Crippen LogP contribution < -0.4 is 5.73 Å². The van der Waals surface area contributed by atoms with Gasteiger partial charge in [0.05, 0.1) is 0 Å². The van der Waals surface area contributed by atoms with Crippen LogP contribution in [0.2, 0.25) is 0 Å². The molecule has 4 heteroatoms. The van der Waals surface area contributed by atoms with Crippen molar-refractivity contribution in [2.45, 2.75) is 52.2 Å². The van der Waals surface area contributed by atoms with Gasteiger partial charge in [-0.3, -0.25) is 0 Å². The summed E-state index contributed by atoms with van der Waals surface area (Å²) in [4.78, 5) is 5.61. The van der Waals surface area contributed by atoms with Crippen molar-refractivity contribution in [2.24, 2.45) is 5.73 Å². The predicted molar refractivity (Wildman–Crippen MR) is 68.6 cm³/mol. The Morgan fingerprint density at radius 2 is 2.06 bits per heavy atom. The van der Waals surface area contributed by atoms with Crippen LogP contribution in [0.15, 0.2) is 6.20 Å². The van der Waals surface area contributed by atoms with Crippen molar-refractivity contribution >= 4 is 11.3 Å². The standard InChI is InChI=1S/C12H22N2OS/c1-5-12(6-2,15-7-3)11-14-8-10(16-11)9(4)13/h8-9H,5-7,13H2,1-4H3. The van der Waals surface area contributed by atoms with Crippen molar-refractivity contribution in [1.82, 2.24) is 4.98 Å². The second-order valence-electron chi connectivity index (χ2n) is 3.99. The van der Waals surface area contributed by atoms with Gasteiger partial charge in [0.2, 0.25) is 0 Å². The lowest BCUT2D eigenvalue weighted by Crippen LogP contribution is -2.28. The largest absolute Gasteiger partial charge is 0.368 e. The zero-order valence-electron chi connectivity index (χ0n) is 10.6. The summed E-state index contributed by atoms with van der Waals surface area (Å²) >= 11 is 1.68. The minimum atomic E-state index is -0.216. The van der Waals surface area contributed by atoms with Crippen LogP contribution in [0.3, 0.4) is 0 Å². The third kappa shape index (κ3) is 2.62. The average molecular weight is 242 g/mol. The summed E-state index contributed by atoms with van der Waals surface area (Å²) in [6, 6.07) is 0.0549. The van der Waals surface area contributed by atoms with Crippen molar-refractivity contribution in [3.05, 3.63) is 16.1 Å². The summed E-state index contributed by atoms with van der Waals surface area (Å²) in [7, 11) is 0. The van der Waals surface area contributed by atoms with Crippen LogP contribution in [0.25, 0.3) is 0 Å². The highest BCUT2D eigenvalue weighted by molar-refractivity contribution is 7.11. The molecule has 1 aromatic rings. The van der Waals surface area contributed by atoms with Gasteiger partial charge in [0.1, 0.15) is 10.6 Å². The number of nitrogens with two attached hydrogens (primary N) is 1. The van der Waals surface area contributed by atoms with Crippen molar-refractivity contribution in [3.8, 4) is 0 Å². The number of ether oxygens (including phenoxy) is 1. The Balaban J connectivity index is 3.00. The Bertz CT molecular complexity index is 319. The van der Waals surface area contributed by atoms with E-state index in [0.717, 1.165) is 29.3 Å².